The van der Waals surface area contributed by atoms with E-state index in [2.05, 4.69) is 5.32 Å². The topological polar surface area (TPSA) is 63.2 Å². The largest absolute Gasteiger partial charge is 0.351 e. The minimum atomic E-state index is -3.44. The van der Waals surface area contributed by atoms with E-state index in [9.17, 15) is 13.2 Å². The fraction of sp³-hybridized carbons (Fsp3) is 0.136. The average molecular weight is 412 g/mol. The van der Waals surface area contributed by atoms with Crippen LogP contribution in [0.15, 0.2) is 94.7 Å². The summed E-state index contributed by atoms with van der Waals surface area (Å²) in [4.78, 5) is 13.8. The normalized spacial score (nSPS) is 11.1. The summed E-state index contributed by atoms with van der Waals surface area (Å²) in [5.74, 6) is 0.424. The Kier molecular flexibility index (Phi) is 6.90. The number of benzene rings is 3. The van der Waals surface area contributed by atoms with Crippen molar-refractivity contribution in [1.82, 2.24) is 5.32 Å². The summed E-state index contributed by atoms with van der Waals surface area (Å²) in [6.07, 6.45) is 0. The van der Waals surface area contributed by atoms with E-state index in [1.807, 2.05) is 30.3 Å². The Balaban J connectivity index is 1.57. The first-order valence-corrected chi connectivity index (χ1v) is 11.5. The minimum Gasteiger partial charge on any atom is -0.351 e. The highest BCUT2D eigenvalue weighted by atomic mass is 32.2. The fourth-order valence-corrected chi connectivity index (χ4v) is 4.83. The van der Waals surface area contributed by atoms with E-state index in [0.717, 1.165) is 10.6 Å². The highest BCUT2D eigenvalue weighted by Gasteiger charge is 2.16. The molecule has 0 saturated carbocycles. The van der Waals surface area contributed by atoms with E-state index in [4.69, 9.17) is 0 Å². The first-order valence-electron chi connectivity index (χ1n) is 8.87. The molecule has 0 aliphatic rings. The molecule has 28 heavy (non-hydrogen) atoms. The Bertz CT molecular complexity index is 1020. The lowest BCUT2D eigenvalue weighted by molar-refractivity contribution is 0.0956. The van der Waals surface area contributed by atoms with E-state index in [0.29, 0.717) is 17.7 Å². The molecule has 0 atom stereocenters. The van der Waals surface area contributed by atoms with Gasteiger partial charge in [0.25, 0.3) is 5.91 Å². The number of nitrogens with one attached hydrogen (secondary N) is 1. The van der Waals surface area contributed by atoms with Crippen LogP contribution in [0.4, 0.5) is 0 Å². The van der Waals surface area contributed by atoms with Crippen molar-refractivity contribution in [3.05, 3.63) is 96.1 Å². The summed E-state index contributed by atoms with van der Waals surface area (Å²) >= 11 is 1.67. The highest BCUT2D eigenvalue weighted by molar-refractivity contribution is 7.99. The molecule has 0 spiro atoms. The first kappa shape index (κ1) is 20.2. The number of hydrogen-bond acceptors (Lipinski definition) is 4. The number of sulfone groups is 1. The van der Waals surface area contributed by atoms with Crippen molar-refractivity contribution in [2.75, 3.05) is 12.3 Å². The summed E-state index contributed by atoms with van der Waals surface area (Å²) in [7, 11) is -3.44. The second-order valence-electron chi connectivity index (χ2n) is 6.19. The van der Waals surface area contributed by atoms with Crippen LogP contribution in [0.25, 0.3) is 0 Å². The molecule has 1 N–H and O–H groups in total. The maximum Gasteiger partial charge on any atom is 0.251 e. The van der Waals surface area contributed by atoms with Gasteiger partial charge in [-0.15, -0.1) is 11.8 Å². The van der Waals surface area contributed by atoms with Gasteiger partial charge in [0.1, 0.15) is 0 Å². The molecule has 1 amide bonds. The van der Waals surface area contributed by atoms with Crippen molar-refractivity contribution in [3.63, 3.8) is 0 Å². The van der Waals surface area contributed by atoms with Crippen molar-refractivity contribution < 1.29 is 13.2 Å². The minimum absolute atomic E-state index is 0.137. The maximum absolute atomic E-state index is 12.5. The molecule has 0 radical (unpaired) electrons. The smallest absolute Gasteiger partial charge is 0.251 e. The number of hydrogen-bond donors (Lipinski definition) is 1. The molecule has 0 aromatic heterocycles. The van der Waals surface area contributed by atoms with Gasteiger partial charge in [-0.1, -0.05) is 48.5 Å². The zero-order valence-corrected chi connectivity index (χ0v) is 16.9. The van der Waals surface area contributed by atoms with Gasteiger partial charge in [-0.05, 0) is 42.0 Å². The van der Waals surface area contributed by atoms with Gasteiger partial charge in [0.2, 0.25) is 0 Å². The molecule has 0 aliphatic carbocycles. The van der Waals surface area contributed by atoms with Gasteiger partial charge in [-0.2, -0.15) is 0 Å². The molecule has 0 aliphatic heterocycles. The van der Waals surface area contributed by atoms with E-state index in [-0.39, 0.29) is 16.6 Å². The Labute approximate surface area is 169 Å². The number of thioether (sulfide) groups is 1. The molecule has 0 heterocycles. The van der Waals surface area contributed by atoms with Gasteiger partial charge in [0, 0.05) is 22.8 Å². The van der Waals surface area contributed by atoms with Crippen LogP contribution in [0, 0.1) is 0 Å². The third-order valence-corrected chi connectivity index (χ3v) is 6.77. The fourth-order valence-electron chi connectivity index (χ4n) is 2.69. The first-order chi connectivity index (χ1) is 13.5. The molecular weight excluding hydrogens is 390 g/mol. The van der Waals surface area contributed by atoms with Crippen molar-refractivity contribution in [3.8, 4) is 0 Å². The summed E-state index contributed by atoms with van der Waals surface area (Å²) in [6, 6.07) is 25.1. The van der Waals surface area contributed by atoms with Crippen LogP contribution < -0.4 is 5.32 Å². The quantitative estimate of drug-likeness (QED) is 0.446. The van der Waals surface area contributed by atoms with Gasteiger partial charge >= 0.3 is 0 Å². The zero-order valence-electron chi connectivity index (χ0n) is 15.2. The summed E-state index contributed by atoms with van der Waals surface area (Å²) in [5.41, 5.74) is 1.06. The van der Waals surface area contributed by atoms with Crippen molar-refractivity contribution in [2.24, 2.45) is 0 Å². The molecular formula is C22H21NO3S2. The van der Waals surface area contributed by atoms with Crippen LogP contribution >= 0.6 is 11.8 Å². The molecule has 3 rings (SSSR count). The van der Waals surface area contributed by atoms with E-state index in [1.165, 1.54) is 0 Å². The average Bonchev–Trinajstić information content (AvgIpc) is 2.72. The third-order valence-electron chi connectivity index (χ3n) is 4.05. The van der Waals surface area contributed by atoms with Gasteiger partial charge in [-0.25, -0.2) is 8.42 Å². The molecule has 3 aromatic carbocycles. The van der Waals surface area contributed by atoms with Crippen LogP contribution in [0.3, 0.4) is 0 Å². The second-order valence-corrected chi connectivity index (χ2v) is 9.35. The molecule has 6 heteroatoms. The maximum atomic E-state index is 12.5. The summed E-state index contributed by atoms with van der Waals surface area (Å²) < 4.78 is 25.1. The predicted molar refractivity (Wildman–Crippen MR) is 113 cm³/mol. The van der Waals surface area contributed by atoms with Crippen LogP contribution in [0.5, 0.6) is 0 Å². The van der Waals surface area contributed by atoms with Crippen LogP contribution in [0.1, 0.15) is 15.9 Å². The van der Waals surface area contributed by atoms with Crippen LogP contribution in [-0.2, 0) is 15.6 Å². The Morgan fingerprint density at radius 2 is 1.54 bits per heavy atom. The molecule has 0 fully saturated rings. The predicted octanol–water partition coefficient (Wildman–Crippen LogP) is 4.18. The van der Waals surface area contributed by atoms with Crippen LogP contribution in [-0.4, -0.2) is 26.6 Å². The van der Waals surface area contributed by atoms with Crippen LogP contribution in [0.2, 0.25) is 0 Å². The summed E-state index contributed by atoms with van der Waals surface area (Å²) in [6.45, 7) is 0.533. The van der Waals surface area contributed by atoms with Crippen molar-refractivity contribution in [2.45, 2.75) is 15.5 Å². The Morgan fingerprint density at radius 1 is 0.857 bits per heavy atom. The molecule has 3 aromatic rings. The summed E-state index contributed by atoms with van der Waals surface area (Å²) in [5, 5.41) is 2.88. The number of carbonyl (C=O) groups excluding carboxylic acids is 1. The standard InChI is InChI=1S/C22H21NO3S2/c24-22(23-14-15-27-20-10-3-1-4-11-20)19-9-7-8-18(16-19)17-28(25,26)21-12-5-2-6-13-21/h1-13,16H,14-15,17H2,(H,23,24). The van der Waals surface area contributed by atoms with E-state index >= 15 is 0 Å². The van der Waals surface area contributed by atoms with Gasteiger partial charge < -0.3 is 5.32 Å². The molecule has 4 nitrogen and oxygen atoms in total. The van der Waals surface area contributed by atoms with E-state index < -0.39 is 9.84 Å². The lowest BCUT2D eigenvalue weighted by atomic mass is 10.1. The van der Waals surface area contributed by atoms with Gasteiger partial charge in [0.05, 0.1) is 10.6 Å². The SMILES string of the molecule is O=C(NCCSc1ccccc1)c1cccc(CS(=O)(=O)c2ccccc2)c1. The number of amides is 1. The van der Waals surface area contributed by atoms with Gasteiger partial charge in [0.15, 0.2) is 9.84 Å². The Hall–Kier alpha value is -2.57. The molecule has 0 bridgehead atoms. The second kappa shape index (κ2) is 9.57. The lowest BCUT2D eigenvalue weighted by Gasteiger charge is -2.08. The van der Waals surface area contributed by atoms with Crippen molar-refractivity contribution in [1.29, 1.82) is 0 Å². The van der Waals surface area contributed by atoms with Gasteiger partial charge in [-0.3, -0.25) is 4.79 Å². The number of rotatable bonds is 8. The lowest BCUT2D eigenvalue weighted by Crippen LogP contribution is -2.25. The molecule has 0 unspecified atom stereocenters. The zero-order chi connectivity index (χ0) is 19.8. The van der Waals surface area contributed by atoms with Crippen molar-refractivity contribution >= 4 is 27.5 Å². The highest BCUT2D eigenvalue weighted by Crippen LogP contribution is 2.18. The monoisotopic (exact) mass is 411 g/mol. The Morgan fingerprint density at radius 3 is 2.25 bits per heavy atom. The number of carbonyl (C=O) groups is 1. The third kappa shape index (κ3) is 5.71. The molecule has 144 valence electrons. The molecule has 0 saturated heterocycles. The van der Waals surface area contributed by atoms with E-state index in [1.54, 1.807) is 66.4 Å².